The zero-order chi connectivity index (χ0) is 24.5. The van der Waals surface area contributed by atoms with E-state index in [2.05, 4.69) is 21.5 Å². The number of nitrogens with zero attached hydrogens (tertiary/aromatic N) is 4. The van der Waals surface area contributed by atoms with Crippen LogP contribution in [0.25, 0.3) is 16.7 Å². The molecule has 0 spiro atoms. The molecule has 0 aliphatic heterocycles. The lowest BCUT2D eigenvalue weighted by molar-refractivity contribution is -0.122. The fourth-order valence-corrected chi connectivity index (χ4v) is 4.92. The Bertz CT molecular complexity index is 1550. The number of aryl methyl sites for hydroxylation is 2. The molecule has 1 amide bonds. The van der Waals surface area contributed by atoms with Crippen LogP contribution < -0.4 is 10.9 Å². The van der Waals surface area contributed by atoms with Crippen LogP contribution in [0.3, 0.4) is 0 Å². The normalized spacial score (nSPS) is 12.1. The molecule has 0 bridgehead atoms. The van der Waals surface area contributed by atoms with E-state index in [4.69, 9.17) is 0 Å². The van der Waals surface area contributed by atoms with Crippen molar-refractivity contribution in [1.82, 2.24) is 24.6 Å². The molecular weight excluding hydrogens is 465 g/mol. The fraction of sp³-hybridized carbons (Fsp3) is 0.154. The molecule has 176 valence electrons. The first-order chi connectivity index (χ1) is 16.9. The first-order valence-corrected chi connectivity index (χ1v) is 11.9. The number of hydrogen-bond acceptors (Lipinski definition) is 5. The van der Waals surface area contributed by atoms with E-state index in [-0.39, 0.29) is 23.8 Å². The third-order valence-electron chi connectivity index (χ3n) is 5.66. The third kappa shape index (κ3) is 4.63. The molecule has 35 heavy (non-hydrogen) atoms. The number of aromatic nitrogens is 4. The van der Waals surface area contributed by atoms with Gasteiger partial charge in [-0.3, -0.25) is 14.2 Å². The van der Waals surface area contributed by atoms with Crippen LogP contribution in [0.2, 0.25) is 0 Å². The monoisotopic (exact) mass is 487 g/mol. The molecule has 0 fully saturated rings. The molecule has 5 rings (SSSR count). The van der Waals surface area contributed by atoms with Crippen molar-refractivity contribution in [2.45, 2.75) is 26.4 Å². The Balaban J connectivity index is 1.42. The number of thiophene rings is 1. The van der Waals surface area contributed by atoms with Crippen molar-refractivity contribution in [3.8, 4) is 5.69 Å². The van der Waals surface area contributed by atoms with Crippen molar-refractivity contribution < 1.29 is 9.18 Å². The maximum absolute atomic E-state index is 13.4. The van der Waals surface area contributed by atoms with Crippen molar-refractivity contribution in [2.24, 2.45) is 0 Å². The van der Waals surface area contributed by atoms with Crippen molar-refractivity contribution in [3.05, 3.63) is 110 Å². The molecule has 2 aromatic carbocycles. The molecule has 3 aromatic heterocycles. The highest BCUT2D eigenvalue weighted by atomic mass is 32.1. The number of fused-ring (bicyclic) bond motifs is 1. The van der Waals surface area contributed by atoms with Crippen LogP contribution in [0.15, 0.2) is 77.3 Å². The Labute approximate surface area is 204 Å². The predicted molar refractivity (Wildman–Crippen MR) is 133 cm³/mol. The number of benzene rings is 2. The van der Waals surface area contributed by atoms with Gasteiger partial charge in [0.15, 0.2) is 5.65 Å². The first-order valence-electron chi connectivity index (χ1n) is 11.0. The number of halogens is 1. The van der Waals surface area contributed by atoms with Crippen LogP contribution in [-0.2, 0) is 11.3 Å². The average molecular weight is 488 g/mol. The standard InChI is InChI=1S/C26H22FN5O2S/c1-16-10-17(2)12-20(11-16)32-25-21(13-29-32)26(34)31(15-28-25)14-23(33)30-24(22-4-3-9-35-22)18-5-7-19(27)8-6-18/h3-13,15,24H,14H2,1-2H3,(H,30,33). The van der Waals surface area contributed by atoms with Crippen LogP contribution >= 0.6 is 11.3 Å². The number of carbonyl (C=O) groups is 1. The highest BCUT2D eigenvalue weighted by molar-refractivity contribution is 7.10. The van der Waals surface area contributed by atoms with Gasteiger partial charge >= 0.3 is 0 Å². The van der Waals surface area contributed by atoms with Crippen LogP contribution in [0.5, 0.6) is 0 Å². The lowest BCUT2D eigenvalue weighted by atomic mass is 10.1. The van der Waals surface area contributed by atoms with Gasteiger partial charge in [-0.25, -0.2) is 14.1 Å². The number of rotatable bonds is 6. The summed E-state index contributed by atoms with van der Waals surface area (Å²) in [5, 5.41) is 9.57. The van der Waals surface area contributed by atoms with Crippen LogP contribution in [0, 0.1) is 19.7 Å². The number of carbonyl (C=O) groups excluding carboxylic acids is 1. The molecule has 0 saturated heterocycles. The first kappa shape index (κ1) is 22.7. The molecule has 0 saturated carbocycles. The van der Waals surface area contributed by atoms with E-state index in [1.54, 1.807) is 16.8 Å². The van der Waals surface area contributed by atoms with Gasteiger partial charge in [0.2, 0.25) is 5.91 Å². The molecule has 7 nitrogen and oxygen atoms in total. The number of amides is 1. The Morgan fingerprint density at radius 3 is 2.54 bits per heavy atom. The highest BCUT2D eigenvalue weighted by Crippen LogP contribution is 2.26. The minimum Gasteiger partial charge on any atom is -0.343 e. The van der Waals surface area contributed by atoms with E-state index in [0.717, 1.165) is 27.3 Å². The predicted octanol–water partition coefficient (Wildman–Crippen LogP) is 4.31. The SMILES string of the molecule is Cc1cc(C)cc(-n2ncc3c(=O)n(CC(=O)NC(c4ccc(F)cc4)c4cccs4)cnc32)c1. The van der Waals surface area contributed by atoms with E-state index in [1.165, 1.54) is 40.6 Å². The van der Waals surface area contributed by atoms with E-state index in [9.17, 15) is 14.0 Å². The second kappa shape index (κ2) is 9.27. The molecule has 1 unspecified atom stereocenters. The lowest BCUT2D eigenvalue weighted by Crippen LogP contribution is -2.35. The summed E-state index contributed by atoms with van der Waals surface area (Å²) in [5.41, 5.74) is 3.80. The van der Waals surface area contributed by atoms with Gasteiger partial charge in [0.05, 0.1) is 17.9 Å². The van der Waals surface area contributed by atoms with E-state index >= 15 is 0 Å². The summed E-state index contributed by atoms with van der Waals surface area (Å²) in [4.78, 5) is 31.4. The van der Waals surface area contributed by atoms with Crippen molar-refractivity contribution in [1.29, 1.82) is 0 Å². The van der Waals surface area contributed by atoms with E-state index in [1.807, 2.05) is 43.5 Å². The Hall–Kier alpha value is -4.11. The summed E-state index contributed by atoms with van der Waals surface area (Å²) >= 11 is 1.49. The second-order valence-corrected chi connectivity index (χ2v) is 9.36. The summed E-state index contributed by atoms with van der Waals surface area (Å²) in [6, 6.07) is 15.3. The molecule has 0 aliphatic rings. The summed E-state index contributed by atoms with van der Waals surface area (Å²) in [7, 11) is 0. The molecule has 5 aromatic rings. The summed E-state index contributed by atoms with van der Waals surface area (Å²) in [6.45, 7) is 3.78. The topological polar surface area (TPSA) is 81.8 Å². The van der Waals surface area contributed by atoms with Gasteiger partial charge in [-0.15, -0.1) is 11.3 Å². The summed E-state index contributed by atoms with van der Waals surface area (Å²) in [6.07, 6.45) is 2.84. The average Bonchev–Trinajstić information content (AvgIpc) is 3.50. The second-order valence-electron chi connectivity index (χ2n) is 8.38. The molecule has 0 radical (unpaired) electrons. The number of hydrogen-bond donors (Lipinski definition) is 1. The zero-order valence-corrected chi connectivity index (χ0v) is 19.9. The molecule has 1 N–H and O–H groups in total. The smallest absolute Gasteiger partial charge is 0.264 e. The third-order valence-corrected chi connectivity index (χ3v) is 6.59. The van der Waals surface area contributed by atoms with E-state index < -0.39 is 6.04 Å². The molecular formula is C26H22FN5O2S. The van der Waals surface area contributed by atoms with Gasteiger partial charge < -0.3 is 5.32 Å². The van der Waals surface area contributed by atoms with Gasteiger partial charge in [-0.2, -0.15) is 5.10 Å². The number of nitrogens with one attached hydrogen (secondary N) is 1. The Kier molecular flexibility index (Phi) is 6.00. The largest absolute Gasteiger partial charge is 0.343 e. The molecule has 3 heterocycles. The zero-order valence-electron chi connectivity index (χ0n) is 19.1. The van der Waals surface area contributed by atoms with Crippen molar-refractivity contribution in [2.75, 3.05) is 0 Å². The molecule has 9 heteroatoms. The van der Waals surface area contributed by atoms with Gasteiger partial charge in [0.1, 0.15) is 24.1 Å². The fourth-order valence-electron chi connectivity index (χ4n) is 4.11. The maximum Gasteiger partial charge on any atom is 0.264 e. The van der Waals surface area contributed by atoms with Gasteiger partial charge in [-0.05, 0) is 66.2 Å². The van der Waals surface area contributed by atoms with Crippen LogP contribution in [0.1, 0.15) is 27.6 Å². The van der Waals surface area contributed by atoms with Gasteiger partial charge in [-0.1, -0.05) is 24.3 Å². The minimum atomic E-state index is -0.456. The summed E-state index contributed by atoms with van der Waals surface area (Å²) in [5.74, 6) is -0.713. The Morgan fingerprint density at radius 2 is 1.86 bits per heavy atom. The van der Waals surface area contributed by atoms with Crippen molar-refractivity contribution in [3.63, 3.8) is 0 Å². The van der Waals surface area contributed by atoms with Crippen molar-refractivity contribution >= 4 is 28.3 Å². The Morgan fingerprint density at radius 1 is 1.11 bits per heavy atom. The van der Waals surface area contributed by atoms with Gasteiger partial charge in [0, 0.05) is 4.88 Å². The van der Waals surface area contributed by atoms with Crippen LogP contribution in [-0.4, -0.2) is 25.2 Å². The lowest BCUT2D eigenvalue weighted by Gasteiger charge is -2.18. The van der Waals surface area contributed by atoms with E-state index in [0.29, 0.717) is 11.0 Å². The minimum absolute atomic E-state index is 0.209. The highest BCUT2D eigenvalue weighted by Gasteiger charge is 2.19. The van der Waals surface area contributed by atoms with Gasteiger partial charge in [0.25, 0.3) is 5.56 Å². The van der Waals surface area contributed by atoms with Crippen LogP contribution in [0.4, 0.5) is 4.39 Å². The maximum atomic E-state index is 13.4. The molecule has 0 aliphatic carbocycles. The molecule has 1 atom stereocenters. The quantitative estimate of drug-likeness (QED) is 0.387. The summed E-state index contributed by atoms with van der Waals surface area (Å²) < 4.78 is 16.3.